The van der Waals surface area contributed by atoms with E-state index in [0.717, 1.165) is 12.1 Å². The minimum atomic E-state index is -4.29. The van der Waals surface area contributed by atoms with Crippen LogP contribution in [-0.2, 0) is 0 Å². The Morgan fingerprint density at radius 1 is 1.10 bits per heavy atom. The van der Waals surface area contributed by atoms with E-state index < -0.39 is 35.8 Å². The fourth-order valence-electron chi connectivity index (χ4n) is 3.05. The zero-order valence-electron chi connectivity index (χ0n) is 11.7. The molecule has 3 unspecified atom stereocenters. The van der Waals surface area contributed by atoms with Gasteiger partial charge in [-0.25, -0.2) is 8.78 Å². The number of nitrogens with one attached hydrogen (secondary N) is 1. The molecule has 0 spiro atoms. The van der Waals surface area contributed by atoms with E-state index in [9.17, 15) is 22.0 Å². The van der Waals surface area contributed by atoms with Gasteiger partial charge in [0.15, 0.2) is 0 Å². The monoisotopic (exact) mass is 307 g/mol. The SMILES string of the molecule is CC(NC1CCCCC1C(F)(F)F)c1c(F)cccc1F. The summed E-state index contributed by atoms with van der Waals surface area (Å²) in [5, 5.41) is 2.77. The van der Waals surface area contributed by atoms with Crippen LogP contribution in [0.2, 0.25) is 0 Å². The largest absolute Gasteiger partial charge is 0.393 e. The highest BCUT2D eigenvalue weighted by Gasteiger charge is 2.45. The number of alkyl halides is 3. The Morgan fingerprint density at radius 2 is 1.67 bits per heavy atom. The van der Waals surface area contributed by atoms with E-state index in [2.05, 4.69) is 5.32 Å². The molecule has 118 valence electrons. The van der Waals surface area contributed by atoms with Crippen LogP contribution in [0.1, 0.15) is 44.2 Å². The highest BCUT2D eigenvalue weighted by atomic mass is 19.4. The van der Waals surface area contributed by atoms with Gasteiger partial charge >= 0.3 is 6.18 Å². The molecule has 0 saturated heterocycles. The lowest BCUT2D eigenvalue weighted by molar-refractivity contribution is -0.189. The molecule has 0 aromatic heterocycles. The van der Waals surface area contributed by atoms with E-state index in [1.54, 1.807) is 0 Å². The van der Waals surface area contributed by atoms with Crippen LogP contribution < -0.4 is 5.32 Å². The van der Waals surface area contributed by atoms with E-state index in [0.29, 0.717) is 19.3 Å². The Morgan fingerprint density at radius 3 is 2.24 bits per heavy atom. The van der Waals surface area contributed by atoms with Crippen molar-refractivity contribution >= 4 is 0 Å². The minimum Gasteiger partial charge on any atom is -0.307 e. The third kappa shape index (κ3) is 3.73. The summed E-state index contributed by atoms with van der Waals surface area (Å²) in [6.07, 6.45) is -2.63. The highest BCUT2D eigenvalue weighted by Crippen LogP contribution is 2.38. The fraction of sp³-hybridized carbons (Fsp3) is 0.600. The molecule has 0 bridgehead atoms. The number of halogens is 5. The maximum Gasteiger partial charge on any atom is 0.393 e. The molecule has 3 atom stereocenters. The predicted octanol–water partition coefficient (Wildman–Crippen LogP) is 4.74. The molecule has 1 fully saturated rings. The van der Waals surface area contributed by atoms with Crippen molar-refractivity contribution in [1.29, 1.82) is 0 Å². The molecular weight excluding hydrogens is 289 g/mol. The molecule has 1 saturated carbocycles. The standard InChI is InChI=1S/C15H18F5N/c1-9(14-11(16)6-4-7-12(14)17)21-13-8-3-2-5-10(13)15(18,19)20/h4,6-7,9-10,13,21H,2-3,5,8H2,1H3. The summed E-state index contributed by atoms with van der Waals surface area (Å²) in [6.45, 7) is 1.49. The second kappa shape index (κ2) is 6.30. The summed E-state index contributed by atoms with van der Waals surface area (Å²) in [6, 6.07) is 1.85. The van der Waals surface area contributed by atoms with E-state index in [-0.39, 0.29) is 12.0 Å². The molecular formula is C15H18F5N. The number of hydrogen-bond donors (Lipinski definition) is 1. The average molecular weight is 307 g/mol. The van der Waals surface area contributed by atoms with Crippen LogP contribution in [0, 0.1) is 17.6 Å². The van der Waals surface area contributed by atoms with Crippen LogP contribution in [-0.4, -0.2) is 12.2 Å². The third-order valence-corrected chi connectivity index (χ3v) is 4.08. The Bertz CT molecular complexity index is 465. The molecule has 1 aromatic carbocycles. The Kier molecular flexibility index (Phi) is 4.86. The normalized spacial score (nSPS) is 24.9. The van der Waals surface area contributed by atoms with Gasteiger partial charge in [-0.15, -0.1) is 0 Å². The molecule has 6 heteroatoms. The zero-order chi connectivity index (χ0) is 15.6. The molecule has 2 rings (SSSR count). The number of hydrogen-bond acceptors (Lipinski definition) is 1. The molecule has 0 heterocycles. The Balaban J connectivity index is 2.15. The lowest BCUT2D eigenvalue weighted by atomic mass is 9.83. The van der Waals surface area contributed by atoms with Crippen molar-refractivity contribution in [2.24, 2.45) is 5.92 Å². The second-order valence-electron chi connectivity index (χ2n) is 5.56. The molecule has 1 aliphatic carbocycles. The second-order valence-corrected chi connectivity index (χ2v) is 5.56. The van der Waals surface area contributed by atoms with Gasteiger partial charge in [0.2, 0.25) is 0 Å². The molecule has 0 radical (unpaired) electrons. The first kappa shape index (κ1) is 16.2. The van der Waals surface area contributed by atoms with E-state index in [1.165, 1.54) is 13.0 Å². The summed E-state index contributed by atoms with van der Waals surface area (Å²) < 4.78 is 66.4. The summed E-state index contributed by atoms with van der Waals surface area (Å²) in [5.41, 5.74) is -0.205. The molecule has 1 nitrogen and oxygen atoms in total. The predicted molar refractivity (Wildman–Crippen MR) is 69.7 cm³/mol. The van der Waals surface area contributed by atoms with Gasteiger partial charge in [0.25, 0.3) is 0 Å². The first-order valence-electron chi connectivity index (χ1n) is 7.07. The van der Waals surface area contributed by atoms with Crippen molar-refractivity contribution in [2.75, 3.05) is 0 Å². The Labute approximate surface area is 120 Å². The maximum absolute atomic E-state index is 13.7. The molecule has 1 N–H and O–H groups in total. The average Bonchev–Trinajstić information content (AvgIpc) is 2.37. The van der Waals surface area contributed by atoms with Crippen LogP contribution in [0.15, 0.2) is 18.2 Å². The van der Waals surface area contributed by atoms with Crippen molar-refractivity contribution in [3.63, 3.8) is 0 Å². The summed E-state index contributed by atoms with van der Waals surface area (Å²) >= 11 is 0. The topological polar surface area (TPSA) is 12.0 Å². The van der Waals surface area contributed by atoms with Gasteiger partial charge in [-0.3, -0.25) is 0 Å². The Hall–Kier alpha value is -1.17. The van der Waals surface area contributed by atoms with Crippen LogP contribution in [0.5, 0.6) is 0 Å². The minimum absolute atomic E-state index is 0.0631. The summed E-state index contributed by atoms with van der Waals surface area (Å²) in [7, 11) is 0. The first-order valence-corrected chi connectivity index (χ1v) is 7.07. The van der Waals surface area contributed by atoms with Crippen molar-refractivity contribution in [1.82, 2.24) is 5.32 Å². The molecule has 1 aromatic rings. The molecule has 21 heavy (non-hydrogen) atoms. The lowest BCUT2D eigenvalue weighted by Crippen LogP contribution is -2.46. The van der Waals surface area contributed by atoms with Crippen LogP contribution in [0.4, 0.5) is 22.0 Å². The number of benzene rings is 1. The van der Waals surface area contributed by atoms with E-state index in [1.807, 2.05) is 0 Å². The summed E-state index contributed by atoms with van der Waals surface area (Å²) in [5.74, 6) is -2.94. The lowest BCUT2D eigenvalue weighted by Gasteiger charge is -2.35. The quantitative estimate of drug-likeness (QED) is 0.796. The molecule has 0 aliphatic heterocycles. The van der Waals surface area contributed by atoms with Gasteiger partial charge in [-0.1, -0.05) is 18.9 Å². The molecule has 0 amide bonds. The smallest absolute Gasteiger partial charge is 0.307 e. The van der Waals surface area contributed by atoms with Crippen LogP contribution >= 0.6 is 0 Å². The van der Waals surface area contributed by atoms with Crippen LogP contribution in [0.25, 0.3) is 0 Å². The van der Waals surface area contributed by atoms with Gasteiger partial charge in [0, 0.05) is 17.6 Å². The third-order valence-electron chi connectivity index (χ3n) is 4.08. The van der Waals surface area contributed by atoms with E-state index in [4.69, 9.17) is 0 Å². The highest BCUT2D eigenvalue weighted by molar-refractivity contribution is 5.23. The van der Waals surface area contributed by atoms with Crippen molar-refractivity contribution in [3.05, 3.63) is 35.4 Å². The van der Waals surface area contributed by atoms with Crippen molar-refractivity contribution < 1.29 is 22.0 Å². The van der Waals surface area contributed by atoms with Gasteiger partial charge in [0.05, 0.1) is 5.92 Å². The van der Waals surface area contributed by atoms with Gasteiger partial charge in [-0.05, 0) is 31.9 Å². The van der Waals surface area contributed by atoms with Crippen molar-refractivity contribution in [2.45, 2.75) is 50.9 Å². The van der Waals surface area contributed by atoms with E-state index >= 15 is 0 Å². The number of rotatable bonds is 3. The first-order chi connectivity index (χ1) is 9.80. The van der Waals surface area contributed by atoms with Crippen LogP contribution in [0.3, 0.4) is 0 Å². The van der Waals surface area contributed by atoms with Gasteiger partial charge in [0.1, 0.15) is 11.6 Å². The molecule has 1 aliphatic rings. The zero-order valence-corrected chi connectivity index (χ0v) is 11.7. The summed E-state index contributed by atoms with van der Waals surface area (Å²) in [4.78, 5) is 0. The maximum atomic E-state index is 13.7. The van der Waals surface area contributed by atoms with Gasteiger partial charge in [-0.2, -0.15) is 13.2 Å². The van der Waals surface area contributed by atoms with Crippen molar-refractivity contribution in [3.8, 4) is 0 Å². The fourth-order valence-corrected chi connectivity index (χ4v) is 3.05. The van der Waals surface area contributed by atoms with Gasteiger partial charge < -0.3 is 5.32 Å².